The van der Waals surface area contributed by atoms with Gasteiger partial charge in [0.25, 0.3) is 0 Å². The molecule has 0 amide bonds. The van der Waals surface area contributed by atoms with Crippen molar-refractivity contribution in [3.05, 3.63) is 0 Å². The van der Waals surface area contributed by atoms with E-state index in [1.807, 2.05) is 0 Å². The second kappa shape index (κ2) is 42.2. The van der Waals surface area contributed by atoms with Crippen molar-refractivity contribution in [3.8, 4) is 0 Å². The fourth-order valence-electron chi connectivity index (χ4n) is 10.6. The van der Waals surface area contributed by atoms with Gasteiger partial charge in [-0.25, -0.2) is 0 Å². The van der Waals surface area contributed by atoms with Crippen LogP contribution in [0.5, 0.6) is 0 Å². The van der Waals surface area contributed by atoms with E-state index in [1.165, 1.54) is 280 Å². The number of rotatable bonds is 46. The molecule has 0 radical (unpaired) electrons. The third kappa shape index (κ3) is 32.5. The molecule has 0 rings (SSSR count). The summed E-state index contributed by atoms with van der Waals surface area (Å²) >= 11 is 0. The van der Waals surface area contributed by atoms with Crippen LogP contribution in [0.25, 0.3) is 0 Å². The fourth-order valence-corrected chi connectivity index (χ4v) is 23.7. The molecule has 0 heterocycles. The van der Waals surface area contributed by atoms with Crippen LogP contribution in [0.2, 0.25) is 0 Å². The first-order valence-corrected chi connectivity index (χ1v) is 34.2. The van der Waals surface area contributed by atoms with E-state index in [9.17, 15) is 9.59 Å². The van der Waals surface area contributed by atoms with Crippen molar-refractivity contribution >= 4 is 25.6 Å². The molecule has 0 unspecified atom stereocenters. The van der Waals surface area contributed by atoms with Crippen molar-refractivity contribution in [1.82, 2.24) is 0 Å². The third-order valence-electron chi connectivity index (χ3n) is 14.4. The molecule has 0 fully saturated rings. The van der Waals surface area contributed by atoms with E-state index in [1.54, 1.807) is 13.8 Å². The Kier molecular flexibility index (Phi) is 43.5. The first kappa shape index (κ1) is 63.9. The molecule has 376 valence electrons. The fraction of sp³-hybridized carbons (Fsp3) is 0.964. The van der Waals surface area contributed by atoms with E-state index in [0.717, 1.165) is 0 Å². The zero-order valence-electron chi connectivity index (χ0n) is 44.6. The minimum atomic E-state index is -2.50. The molecule has 0 aliphatic heterocycles. The Hall–Kier alpha value is -0.200. The van der Waals surface area contributed by atoms with Crippen LogP contribution < -0.4 is 0 Å². The quantitative estimate of drug-likeness (QED) is 0.0451. The second-order valence-electron chi connectivity index (χ2n) is 20.6. The van der Waals surface area contributed by atoms with Gasteiger partial charge in [-0.3, -0.25) is 0 Å². The van der Waals surface area contributed by atoms with Crippen LogP contribution in [-0.2, 0) is 18.6 Å². The van der Waals surface area contributed by atoms with Crippen LogP contribution in [0.1, 0.15) is 300 Å². The van der Waals surface area contributed by atoms with Gasteiger partial charge in [0, 0.05) is 0 Å². The molecule has 62 heavy (non-hydrogen) atoms. The molecule has 0 bridgehead atoms. The predicted molar refractivity (Wildman–Crippen MR) is 288 cm³/mol. The number of carbonyl (C=O) groups excluding carboxylic acids is 2. The maximum atomic E-state index is 12.6. The molecule has 0 aromatic heterocycles. The number of hydrogen-bond donors (Lipinski definition) is 0. The van der Waals surface area contributed by atoms with Crippen molar-refractivity contribution in [2.45, 2.75) is 300 Å². The molecule has 0 saturated heterocycles. The average Bonchev–Trinajstić information content (AvgIpc) is 3.24. The molecule has 0 aliphatic carbocycles. The molecule has 0 spiro atoms. The molecule has 6 heteroatoms. The van der Waals surface area contributed by atoms with E-state index in [2.05, 4.69) is 55.4 Å². The summed E-state index contributed by atoms with van der Waals surface area (Å²) < 4.78 is 13.4. The molecule has 0 aromatic rings. The molecular formula is C56H118O4P2. The van der Waals surface area contributed by atoms with Crippen molar-refractivity contribution < 1.29 is 18.6 Å². The average molecular weight is 918 g/mol. The summed E-state index contributed by atoms with van der Waals surface area (Å²) in [6.45, 7) is 16.7. The number of unbranched alkanes of at least 4 members (excludes halogenated alkanes) is 28. The predicted octanol–water partition coefficient (Wildman–Crippen LogP) is 20.2. The van der Waals surface area contributed by atoms with Gasteiger partial charge in [0.05, 0.1) is 0 Å². The van der Waals surface area contributed by atoms with E-state index in [-0.39, 0.29) is 11.9 Å². The van der Waals surface area contributed by atoms with Gasteiger partial charge < -0.3 is 0 Å². The topological polar surface area (TPSA) is 52.6 Å². The van der Waals surface area contributed by atoms with Crippen LogP contribution in [-0.4, -0.2) is 61.2 Å². The molecule has 0 N–H and O–H groups in total. The van der Waals surface area contributed by atoms with E-state index >= 15 is 0 Å². The van der Waals surface area contributed by atoms with Crippen molar-refractivity contribution in [2.75, 3.05) is 49.3 Å². The van der Waals surface area contributed by atoms with Gasteiger partial charge in [0.15, 0.2) is 0 Å². The summed E-state index contributed by atoms with van der Waals surface area (Å²) in [5, 5.41) is 0. The van der Waals surface area contributed by atoms with Gasteiger partial charge in [-0.05, 0) is 0 Å². The zero-order valence-corrected chi connectivity index (χ0v) is 46.4. The number of hydrogen-bond acceptors (Lipinski definition) is 4. The van der Waals surface area contributed by atoms with Crippen molar-refractivity contribution in [3.63, 3.8) is 0 Å². The van der Waals surface area contributed by atoms with Crippen molar-refractivity contribution in [2.24, 2.45) is 0 Å². The molecule has 0 aliphatic rings. The van der Waals surface area contributed by atoms with Crippen LogP contribution in [0.15, 0.2) is 0 Å². The summed E-state index contributed by atoms with van der Waals surface area (Å²) in [5.41, 5.74) is 0. The molecule has 4 nitrogen and oxygen atoms in total. The Morgan fingerprint density at radius 3 is 0.500 bits per heavy atom. The van der Waals surface area contributed by atoms with E-state index in [0.29, 0.717) is 0 Å². The summed E-state index contributed by atoms with van der Waals surface area (Å²) in [7, 11) is 0. The van der Waals surface area contributed by atoms with Crippen molar-refractivity contribution in [1.29, 1.82) is 0 Å². The standard InChI is InChI=1S/C30H63O2P.C26H55O2P/c1-6-10-14-18-22-26-33(32-30(5)31,27-23-19-15-11-7-2,28-24-20-16-12-8-3)29-25-21-17-13-9-4;1-6-10-14-18-22-29(28-26(5)27,23-19-15-11-7-2,24-20-16-12-8-3)25-21-17-13-9-4/h6-29H2,1-5H3;6-25H2,1-5H3. The second-order valence-corrected chi connectivity index (χ2v) is 31.9. The zero-order chi connectivity index (χ0) is 46.6. The Bertz CT molecular complexity index is 871. The molecule has 0 saturated carbocycles. The van der Waals surface area contributed by atoms with Gasteiger partial charge >= 0.3 is 394 Å². The van der Waals surface area contributed by atoms with Gasteiger partial charge in [0.2, 0.25) is 0 Å². The summed E-state index contributed by atoms with van der Waals surface area (Å²) in [6.07, 6.45) is 56.5. The van der Waals surface area contributed by atoms with Crippen LogP contribution in [0.4, 0.5) is 0 Å². The summed E-state index contributed by atoms with van der Waals surface area (Å²) in [5.74, 6) is 0.0107. The first-order valence-electron chi connectivity index (χ1n) is 28.4. The van der Waals surface area contributed by atoms with Gasteiger partial charge in [-0.2, -0.15) is 0 Å². The van der Waals surface area contributed by atoms with E-state index in [4.69, 9.17) is 9.05 Å². The Morgan fingerprint density at radius 2 is 0.371 bits per heavy atom. The van der Waals surface area contributed by atoms with E-state index < -0.39 is 13.7 Å². The number of carbonyl (C=O) groups is 2. The van der Waals surface area contributed by atoms with Crippen LogP contribution in [0, 0.1) is 0 Å². The minimum absolute atomic E-state index is 0.000340. The molecule has 0 aromatic carbocycles. The van der Waals surface area contributed by atoms with Crippen LogP contribution in [0.3, 0.4) is 0 Å². The van der Waals surface area contributed by atoms with Gasteiger partial charge in [0.1, 0.15) is 0 Å². The Morgan fingerprint density at radius 1 is 0.242 bits per heavy atom. The normalized spacial score (nSPS) is 13.1. The Balaban J connectivity index is 0. The Labute approximate surface area is 392 Å². The summed E-state index contributed by atoms with van der Waals surface area (Å²) in [4.78, 5) is 25.0. The monoisotopic (exact) mass is 917 g/mol. The molecule has 0 atom stereocenters. The van der Waals surface area contributed by atoms with Gasteiger partial charge in [-0.1, -0.05) is 0 Å². The molecular weight excluding hydrogens is 799 g/mol. The maximum absolute atomic E-state index is 12.6. The SMILES string of the molecule is CCCCCCCP(CCCCCCC)(CCCCCCC)(CCCCCCC)OC(C)=O.CCCCCCP(CCCCCC)(CCCCCC)(CCCCCC)OC(C)=O. The van der Waals surface area contributed by atoms with Gasteiger partial charge in [-0.15, -0.1) is 0 Å². The third-order valence-corrected chi connectivity index (χ3v) is 27.5. The summed E-state index contributed by atoms with van der Waals surface area (Å²) in [6, 6.07) is 0. The van der Waals surface area contributed by atoms with Crippen LogP contribution >= 0.6 is 13.7 Å². The first-order chi connectivity index (χ1) is 29.9.